The molecule has 0 aliphatic carbocycles. The van der Waals surface area contributed by atoms with Crippen molar-refractivity contribution in [2.75, 3.05) is 0 Å². The maximum Gasteiger partial charge on any atom is 0.164 e. The van der Waals surface area contributed by atoms with Gasteiger partial charge in [0.25, 0.3) is 0 Å². The van der Waals surface area contributed by atoms with Gasteiger partial charge in [-0.3, -0.25) is 0 Å². The summed E-state index contributed by atoms with van der Waals surface area (Å²) in [6.07, 6.45) is 0. The van der Waals surface area contributed by atoms with Crippen molar-refractivity contribution in [3.8, 4) is 51.0 Å². The van der Waals surface area contributed by atoms with Gasteiger partial charge in [0, 0.05) is 54.6 Å². The molecule has 0 aliphatic heterocycles. The Morgan fingerprint density at radius 2 is 0.877 bits per heavy atom. The lowest BCUT2D eigenvalue weighted by Gasteiger charge is -2.17. The highest BCUT2D eigenvalue weighted by Gasteiger charge is 2.23. The molecule has 10 aromatic carbocycles. The first-order valence-electron chi connectivity index (χ1n) is 21.8. The van der Waals surface area contributed by atoms with Crippen LogP contribution in [0.4, 0.5) is 0 Å². The van der Waals surface area contributed by atoms with E-state index >= 15 is 0 Å². The number of nitrogens with zero attached hydrogens (tertiary/aromatic N) is 4. The second-order valence-electron chi connectivity index (χ2n) is 16.7. The van der Waals surface area contributed by atoms with Crippen LogP contribution in [-0.4, -0.2) is 19.5 Å². The molecule has 0 bridgehead atoms. The zero-order valence-electron chi connectivity index (χ0n) is 34.7. The fraction of sp³-hybridized carbons (Fsp3) is 0. The van der Waals surface area contributed by atoms with Crippen LogP contribution in [0, 0.1) is 0 Å². The molecule has 0 amide bonds. The summed E-state index contributed by atoms with van der Waals surface area (Å²) in [6.45, 7) is 0. The molecule has 4 heterocycles. The van der Waals surface area contributed by atoms with Crippen molar-refractivity contribution in [1.82, 2.24) is 19.5 Å². The molecule has 0 aliphatic rings. The summed E-state index contributed by atoms with van der Waals surface area (Å²) in [5.74, 6) is 1.72. The lowest BCUT2D eigenvalue weighted by atomic mass is 9.95. The fourth-order valence-corrected chi connectivity index (χ4v) is 10.0. The topological polar surface area (TPSA) is 69.9 Å². The first-order valence-corrected chi connectivity index (χ1v) is 21.8. The summed E-state index contributed by atoms with van der Waals surface area (Å²) in [5, 5.41) is 11.2. The minimum Gasteiger partial charge on any atom is -0.456 e. The van der Waals surface area contributed by atoms with Crippen LogP contribution in [0.1, 0.15) is 0 Å². The highest BCUT2D eigenvalue weighted by molar-refractivity contribution is 6.18. The fourth-order valence-electron chi connectivity index (χ4n) is 10.0. The van der Waals surface area contributed by atoms with Crippen molar-refractivity contribution < 1.29 is 8.83 Å². The SMILES string of the molecule is c1ccc(-c2nc(-c3ccc(-n4c5ccccc5c5cc6ccccc6cc54)c(-c4cccc5oc6cc7ccccc7cc6c45)c3)nc(-c3cccc4oc5ccccc5c34)n2)cc1. The van der Waals surface area contributed by atoms with E-state index in [-0.39, 0.29) is 0 Å². The van der Waals surface area contributed by atoms with Crippen molar-refractivity contribution in [3.05, 3.63) is 206 Å². The number of benzene rings is 10. The normalized spacial score (nSPS) is 12.0. The molecule has 6 nitrogen and oxygen atoms in total. The molecule has 0 saturated heterocycles. The maximum atomic E-state index is 6.70. The highest BCUT2D eigenvalue weighted by atomic mass is 16.3. The number of hydrogen-bond acceptors (Lipinski definition) is 5. The van der Waals surface area contributed by atoms with Gasteiger partial charge in [-0.2, -0.15) is 0 Å². The van der Waals surface area contributed by atoms with E-state index in [1.807, 2.05) is 60.7 Å². The predicted octanol–water partition coefficient (Wildman–Crippen LogP) is 15.7. The molecule has 0 fully saturated rings. The molecule has 0 atom stereocenters. The molecule has 4 aromatic heterocycles. The van der Waals surface area contributed by atoms with E-state index < -0.39 is 0 Å². The lowest BCUT2D eigenvalue weighted by Crippen LogP contribution is -2.02. The third-order valence-corrected chi connectivity index (χ3v) is 13.0. The molecule has 0 radical (unpaired) electrons. The zero-order valence-corrected chi connectivity index (χ0v) is 34.7. The largest absolute Gasteiger partial charge is 0.456 e. The smallest absolute Gasteiger partial charge is 0.164 e. The van der Waals surface area contributed by atoms with Crippen LogP contribution in [-0.2, 0) is 0 Å². The van der Waals surface area contributed by atoms with Crippen LogP contribution in [0.25, 0.3) is 138 Å². The molecular formula is C59H34N4O2. The average molecular weight is 831 g/mol. The van der Waals surface area contributed by atoms with E-state index in [1.54, 1.807) is 0 Å². The Morgan fingerprint density at radius 3 is 1.66 bits per heavy atom. The Morgan fingerprint density at radius 1 is 0.308 bits per heavy atom. The average Bonchev–Trinajstić information content (AvgIpc) is 4.04. The third kappa shape index (κ3) is 5.51. The van der Waals surface area contributed by atoms with Gasteiger partial charge in [0.1, 0.15) is 22.3 Å². The Balaban J connectivity index is 1.08. The molecule has 0 N–H and O–H groups in total. The number of aromatic nitrogens is 4. The maximum absolute atomic E-state index is 6.70. The van der Waals surface area contributed by atoms with E-state index in [0.717, 1.165) is 99.2 Å². The number of furan rings is 2. The molecule has 6 heteroatoms. The second kappa shape index (κ2) is 13.8. The van der Waals surface area contributed by atoms with E-state index in [1.165, 1.54) is 21.5 Å². The van der Waals surface area contributed by atoms with E-state index in [0.29, 0.717) is 17.5 Å². The van der Waals surface area contributed by atoms with Crippen LogP contribution >= 0.6 is 0 Å². The predicted molar refractivity (Wildman–Crippen MR) is 265 cm³/mol. The van der Waals surface area contributed by atoms with Crippen LogP contribution in [0.5, 0.6) is 0 Å². The van der Waals surface area contributed by atoms with E-state index in [9.17, 15) is 0 Å². The van der Waals surface area contributed by atoms with Gasteiger partial charge in [0.15, 0.2) is 17.5 Å². The van der Waals surface area contributed by atoms with Crippen LogP contribution in [0.2, 0.25) is 0 Å². The first kappa shape index (κ1) is 35.7. The Kier molecular flexibility index (Phi) is 7.59. The molecule has 0 unspecified atom stereocenters. The molecule has 0 spiro atoms. The van der Waals surface area contributed by atoms with Crippen LogP contribution in [0.15, 0.2) is 215 Å². The lowest BCUT2D eigenvalue weighted by molar-refractivity contribution is 0.669. The molecular weight excluding hydrogens is 797 g/mol. The summed E-state index contributed by atoms with van der Waals surface area (Å²) in [5.41, 5.74) is 11.3. The van der Waals surface area contributed by atoms with Crippen molar-refractivity contribution in [3.63, 3.8) is 0 Å². The Labute approximate surface area is 371 Å². The zero-order chi connectivity index (χ0) is 42.6. The summed E-state index contributed by atoms with van der Waals surface area (Å²) < 4.78 is 15.5. The molecule has 302 valence electrons. The van der Waals surface area contributed by atoms with Gasteiger partial charge >= 0.3 is 0 Å². The van der Waals surface area contributed by atoms with Crippen molar-refractivity contribution in [2.45, 2.75) is 0 Å². The van der Waals surface area contributed by atoms with Crippen molar-refractivity contribution in [2.24, 2.45) is 0 Å². The van der Waals surface area contributed by atoms with Crippen molar-refractivity contribution in [1.29, 1.82) is 0 Å². The number of fused-ring (bicyclic) bond motifs is 11. The van der Waals surface area contributed by atoms with Gasteiger partial charge in [-0.05, 0) is 93.8 Å². The van der Waals surface area contributed by atoms with Gasteiger partial charge in [-0.25, -0.2) is 15.0 Å². The minimum absolute atomic E-state index is 0.565. The number of hydrogen-bond donors (Lipinski definition) is 0. The van der Waals surface area contributed by atoms with Gasteiger partial charge in [0.2, 0.25) is 0 Å². The first-order chi connectivity index (χ1) is 32.2. The van der Waals surface area contributed by atoms with Gasteiger partial charge in [-0.15, -0.1) is 0 Å². The van der Waals surface area contributed by atoms with Crippen LogP contribution < -0.4 is 0 Å². The van der Waals surface area contributed by atoms with E-state index in [4.69, 9.17) is 23.8 Å². The Hall–Kier alpha value is -8.87. The van der Waals surface area contributed by atoms with Crippen LogP contribution in [0.3, 0.4) is 0 Å². The molecule has 14 aromatic rings. The van der Waals surface area contributed by atoms with Gasteiger partial charge in [0.05, 0.1) is 16.7 Å². The quantitative estimate of drug-likeness (QED) is 0.173. The summed E-state index contributed by atoms with van der Waals surface area (Å²) in [7, 11) is 0. The second-order valence-corrected chi connectivity index (χ2v) is 16.7. The van der Waals surface area contributed by atoms with Gasteiger partial charge in [-0.1, -0.05) is 140 Å². The summed E-state index contributed by atoms with van der Waals surface area (Å²) >= 11 is 0. The third-order valence-electron chi connectivity index (χ3n) is 13.0. The van der Waals surface area contributed by atoms with E-state index in [2.05, 4.69) is 150 Å². The summed E-state index contributed by atoms with van der Waals surface area (Å²) in [4.78, 5) is 15.8. The standard InChI is InChI=1S/C59H34N4O2/c1-2-14-35(15-3-1)57-60-58(62-59(61-57)44-23-13-27-53-56(44)43-21-9-11-25-51(43)64-53)40-28-29-49(63-48-24-10-8-20-41(48)45-30-36-16-4-6-18-38(36)33-50(45)63)46(32-40)42-22-12-26-52-55(42)47-31-37-17-5-7-19-39(37)34-54(47)65-52/h1-34H. The summed E-state index contributed by atoms with van der Waals surface area (Å²) in [6, 6.07) is 72.3. The monoisotopic (exact) mass is 830 g/mol. The highest BCUT2D eigenvalue weighted by Crippen LogP contribution is 2.44. The Bertz CT molecular complexity index is 4250. The molecule has 0 saturated carbocycles. The van der Waals surface area contributed by atoms with Gasteiger partial charge < -0.3 is 13.4 Å². The van der Waals surface area contributed by atoms with Crippen molar-refractivity contribution >= 4 is 87.2 Å². The number of rotatable bonds is 5. The molecule has 65 heavy (non-hydrogen) atoms. The molecule has 14 rings (SSSR count). The minimum atomic E-state index is 0.565. The number of para-hydroxylation sites is 2.